The van der Waals surface area contributed by atoms with Crippen molar-refractivity contribution < 1.29 is 9.21 Å². The molecule has 1 aromatic carbocycles. The third-order valence-corrected chi connectivity index (χ3v) is 3.02. The van der Waals surface area contributed by atoms with E-state index in [1.807, 2.05) is 24.3 Å². The number of anilines is 1. The maximum atomic E-state index is 12.0. The normalized spacial score (nSPS) is 13.8. The maximum Gasteiger partial charge on any atom is 0.291 e. The first kappa shape index (κ1) is 11.6. The second-order valence-corrected chi connectivity index (χ2v) is 4.31. The van der Waals surface area contributed by atoms with E-state index in [0.29, 0.717) is 5.76 Å². The van der Waals surface area contributed by atoms with Crippen LogP contribution >= 0.6 is 0 Å². The third-order valence-electron chi connectivity index (χ3n) is 3.02. The van der Waals surface area contributed by atoms with E-state index in [1.54, 1.807) is 12.1 Å². The SMILES string of the molecule is O=C(Nc1ccccc1C1=CCCN1)c1ccco1. The Labute approximate surface area is 111 Å². The second kappa shape index (κ2) is 5.02. The number of rotatable bonds is 3. The van der Waals surface area contributed by atoms with Gasteiger partial charge in [-0.1, -0.05) is 24.3 Å². The number of hydrogen-bond donors (Lipinski definition) is 2. The molecule has 1 amide bonds. The molecule has 4 heteroatoms. The molecule has 2 N–H and O–H groups in total. The van der Waals surface area contributed by atoms with Gasteiger partial charge in [0.2, 0.25) is 0 Å². The van der Waals surface area contributed by atoms with Gasteiger partial charge in [-0.3, -0.25) is 4.79 Å². The fourth-order valence-electron chi connectivity index (χ4n) is 2.12. The summed E-state index contributed by atoms with van der Waals surface area (Å²) >= 11 is 0. The molecule has 1 aliphatic rings. The fraction of sp³-hybridized carbons (Fsp3) is 0.133. The molecule has 0 aliphatic carbocycles. The summed E-state index contributed by atoms with van der Waals surface area (Å²) in [5, 5.41) is 6.18. The van der Waals surface area contributed by atoms with Crippen molar-refractivity contribution in [3.8, 4) is 0 Å². The Morgan fingerprint density at radius 3 is 2.84 bits per heavy atom. The highest BCUT2D eigenvalue weighted by atomic mass is 16.3. The van der Waals surface area contributed by atoms with Gasteiger partial charge >= 0.3 is 0 Å². The molecule has 0 unspecified atom stereocenters. The number of carbonyl (C=O) groups excluding carboxylic acids is 1. The van der Waals surface area contributed by atoms with E-state index in [9.17, 15) is 4.79 Å². The van der Waals surface area contributed by atoms with E-state index in [4.69, 9.17) is 4.42 Å². The molecule has 2 heterocycles. The van der Waals surface area contributed by atoms with Crippen LogP contribution in [0.1, 0.15) is 22.5 Å². The lowest BCUT2D eigenvalue weighted by Gasteiger charge is -2.11. The van der Waals surface area contributed by atoms with Crippen LogP contribution in [0.3, 0.4) is 0 Å². The summed E-state index contributed by atoms with van der Waals surface area (Å²) in [5.74, 6) is 0.0687. The second-order valence-electron chi connectivity index (χ2n) is 4.31. The first-order valence-corrected chi connectivity index (χ1v) is 6.23. The van der Waals surface area contributed by atoms with Crippen LogP contribution in [0, 0.1) is 0 Å². The number of furan rings is 1. The fourth-order valence-corrected chi connectivity index (χ4v) is 2.12. The van der Waals surface area contributed by atoms with E-state index in [1.165, 1.54) is 6.26 Å². The van der Waals surface area contributed by atoms with Crippen molar-refractivity contribution in [3.63, 3.8) is 0 Å². The molecular formula is C15H14N2O2. The molecule has 0 bridgehead atoms. The van der Waals surface area contributed by atoms with E-state index in [0.717, 1.165) is 29.9 Å². The number of para-hydroxylation sites is 1. The van der Waals surface area contributed by atoms with Crippen LogP contribution in [0.25, 0.3) is 5.70 Å². The minimum absolute atomic E-state index is 0.240. The first-order chi connectivity index (χ1) is 9.34. The Balaban J connectivity index is 1.87. The Morgan fingerprint density at radius 2 is 2.11 bits per heavy atom. The van der Waals surface area contributed by atoms with Gasteiger partial charge in [-0.15, -0.1) is 0 Å². The molecule has 0 saturated carbocycles. The monoisotopic (exact) mass is 254 g/mol. The summed E-state index contributed by atoms with van der Waals surface area (Å²) in [7, 11) is 0. The average molecular weight is 254 g/mol. The van der Waals surface area contributed by atoms with Crippen molar-refractivity contribution in [1.29, 1.82) is 0 Å². The van der Waals surface area contributed by atoms with Crippen LogP contribution in [0.5, 0.6) is 0 Å². The number of benzene rings is 1. The van der Waals surface area contributed by atoms with Crippen molar-refractivity contribution in [2.75, 3.05) is 11.9 Å². The summed E-state index contributed by atoms with van der Waals surface area (Å²) in [4.78, 5) is 12.0. The van der Waals surface area contributed by atoms with Gasteiger partial charge in [-0.2, -0.15) is 0 Å². The molecule has 1 aliphatic heterocycles. The van der Waals surface area contributed by atoms with Crippen molar-refractivity contribution in [2.24, 2.45) is 0 Å². The maximum absolute atomic E-state index is 12.0. The number of nitrogens with one attached hydrogen (secondary N) is 2. The van der Waals surface area contributed by atoms with E-state index in [2.05, 4.69) is 16.7 Å². The van der Waals surface area contributed by atoms with Crippen LogP contribution in [-0.2, 0) is 0 Å². The molecule has 19 heavy (non-hydrogen) atoms. The van der Waals surface area contributed by atoms with E-state index < -0.39 is 0 Å². The van der Waals surface area contributed by atoms with Crippen molar-refractivity contribution in [1.82, 2.24) is 5.32 Å². The van der Waals surface area contributed by atoms with E-state index in [-0.39, 0.29) is 5.91 Å². The van der Waals surface area contributed by atoms with Gasteiger partial charge in [0.05, 0.1) is 12.0 Å². The van der Waals surface area contributed by atoms with Gasteiger partial charge in [-0.05, 0) is 24.6 Å². The zero-order valence-electron chi connectivity index (χ0n) is 10.3. The van der Waals surface area contributed by atoms with Crippen LogP contribution in [0.2, 0.25) is 0 Å². The molecular weight excluding hydrogens is 240 g/mol. The van der Waals surface area contributed by atoms with Gasteiger partial charge in [0, 0.05) is 17.8 Å². The highest BCUT2D eigenvalue weighted by Gasteiger charge is 2.14. The highest BCUT2D eigenvalue weighted by Crippen LogP contribution is 2.25. The van der Waals surface area contributed by atoms with Gasteiger partial charge in [0.15, 0.2) is 5.76 Å². The zero-order valence-corrected chi connectivity index (χ0v) is 10.3. The Hall–Kier alpha value is -2.49. The molecule has 0 fully saturated rings. The summed E-state index contributed by atoms with van der Waals surface area (Å²) < 4.78 is 5.09. The lowest BCUT2D eigenvalue weighted by molar-refractivity contribution is 0.0996. The summed E-state index contributed by atoms with van der Waals surface area (Å²) in [6, 6.07) is 11.1. The molecule has 0 atom stereocenters. The van der Waals surface area contributed by atoms with Crippen LogP contribution in [-0.4, -0.2) is 12.5 Å². The van der Waals surface area contributed by atoms with Crippen LogP contribution in [0.4, 0.5) is 5.69 Å². The smallest absolute Gasteiger partial charge is 0.291 e. The van der Waals surface area contributed by atoms with Crippen LogP contribution < -0.4 is 10.6 Å². The zero-order chi connectivity index (χ0) is 13.1. The standard InChI is InChI=1S/C15H14N2O2/c18-15(14-8-4-10-19-14)17-13-6-2-1-5-11(13)12-7-3-9-16-12/h1-2,4-8,10,16H,3,9H2,(H,17,18). The minimum atomic E-state index is -0.240. The minimum Gasteiger partial charge on any atom is -0.459 e. The molecule has 4 nitrogen and oxygen atoms in total. The Bertz CT molecular complexity index is 615. The number of hydrogen-bond acceptors (Lipinski definition) is 3. The highest BCUT2D eigenvalue weighted by molar-refractivity contribution is 6.03. The predicted octanol–water partition coefficient (Wildman–Crippen LogP) is 2.87. The van der Waals surface area contributed by atoms with E-state index >= 15 is 0 Å². The van der Waals surface area contributed by atoms with Gasteiger partial charge in [0.25, 0.3) is 5.91 Å². The Morgan fingerprint density at radius 1 is 1.21 bits per heavy atom. The summed E-state index contributed by atoms with van der Waals surface area (Å²) in [6.07, 6.45) is 4.63. The lowest BCUT2D eigenvalue weighted by atomic mass is 10.1. The first-order valence-electron chi connectivity index (χ1n) is 6.23. The quantitative estimate of drug-likeness (QED) is 0.885. The van der Waals surface area contributed by atoms with Gasteiger partial charge in [0.1, 0.15) is 0 Å². The van der Waals surface area contributed by atoms with Crippen molar-refractivity contribution in [3.05, 3.63) is 60.1 Å². The van der Waals surface area contributed by atoms with Gasteiger partial charge in [-0.25, -0.2) is 0 Å². The molecule has 2 aromatic rings. The lowest BCUT2D eigenvalue weighted by Crippen LogP contribution is -2.14. The molecule has 0 spiro atoms. The Kier molecular flexibility index (Phi) is 3.06. The summed E-state index contributed by atoms with van der Waals surface area (Å²) in [5.41, 5.74) is 2.85. The molecule has 0 saturated heterocycles. The largest absolute Gasteiger partial charge is 0.459 e. The topological polar surface area (TPSA) is 54.3 Å². The molecule has 3 rings (SSSR count). The predicted molar refractivity (Wildman–Crippen MR) is 73.7 cm³/mol. The average Bonchev–Trinajstić information content (AvgIpc) is 3.13. The molecule has 96 valence electrons. The third kappa shape index (κ3) is 2.38. The van der Waals surface area contributed by atoms with Crippen molar-refractivity contribution in [2.45, 2.75) is 6.42 Å². The summed E-state index contributed by atoms with van der Waals surface area (Å²) in [6.45, 7) is 0.940. The molecule has 1 aromatic heterocycles. The molecule has 0 radical (unpaired) electrons. The van der Waals surface area contributed by atoms with Gasteiger partial charge < -0.3 is 15.1 Å². The van der Waals surface area contributed by atoms with Crippen molar-refractivity contribution >= 4 is 17.3 Å². The number of amides is 1. The van der Waals surface area contributed by atoms with Crippen LogP contribution in [0.15, 0.2) is 53.2 Å². The number of carbonyl (C=O) groups is 1.